The quantitative estimate of drug-likeness (QED) is 0.698. The number of rotatable bonds is 7. The van der Waals surface area contributed by atoms with Gasteiger partial charge in [-0.05, 0) is 36.7 Å². The van der Waals surface area contributed by atoms with Crippen LogP contribution in [0.15, 0.2) is 30.5 Å². The number of aliphatic hydroxyl groups excluding tert-OH is 1. The summed E-state index contributed by atoms with van der Waals surface area (Å²) >= 11 is 0. The van der Waals surface area contributed by atoms with E-state index in [1.807, 2.05) is 0 Å². The molecular weight excluding hydrogens is 338 g/mol. The molecule has 2 aromatic rings. The highest BCUT2D eigenvalue weighted by Gasteiger charge is 2.47. The lowest BCUT2D eigenvalue weighted by atomic mass is 9.59. The molecule has 1 aliphatic rings. The van der Waals surface area contributed by atoms with E-state index in [0.29, 0.717) is 17.3 Å². The van der Waals surface area contributed by atoms with Crippen molar-refractivity contribution in [2.45, 2.75) is 39.7 Å². The highest BCUT2D eigenvalue weighted by Crippen LogP contribution is 2.47. The van der Waals surface area contributed by atoms with Gasteiger partial charge in [-0.1, -0.05) is 43.7 Å². The third kappa shape index (κ3) is 4.20. The monoisotopic (exact) mass is 365 g/mol. The van der Waals surface area contributed by atoms with Crippen LogP contribution < -0.4 is 10.6 Å². The van der Waals surface area contributed by atoms with Gasteiger partial charge in [0.2, 0.25) is 5.95 Å². The topological polar surface area (TPSA) is 93.9 Å². The molecule has 6 heteroatoms. The number of anilines is 2. The number of aliphatic hydroxyl groups is 1. The minimum Gasteiger partial charge on any atom is -0.396 e. The summed E-state index contributed by atoms with van der Waals surface area (Å²) in [6.45, 7) is 7.25. The van der Waals surface area contributed by atoms with Crippen LogP contribution in [0.5, 0.6) is 0 Å². The third-order valence-corrected chi connectivity index (χ3v) is 5.69. The van der Waals surface area contributed by atoms with E-state index >= 15 is 0 Å². The van der Waals surface area contributed by atoms with E-state index in [9.17, 15) is 10.4 Å². The Morgan fingerprint density at radius 1 is 1.37 bits per heavy atom. The zero-order chi connectivity index (χ0) is 19.4. The average Bonchev–Trinajstić information content (AvgIpc) is 2.65. The van der Waals surface area contributed by atoms with E-state index in [0.717, 1.165) is 19.4 Å². The zero-order valence-electron chi connectivity index (χ0n) is 16.2. The Kier molecular flexibility index (Phi) is 5.62. The molecule has 0 aliphatic heterocycles. The normalized spacial score (nSPS) is 20.4. The third-order valence-electron chi connectivity index (χ3n) is 5.69. The Morgan fingerprint density at radius 2 is 2.19 bits per heavy atom. The van der Waals surface area contributed by atoms with Crippen LogP contribution in [0.25, 0.3) is 0 Å². The molecule has 3 N–H and O–H groups in total. The maximum atomic E-state index is 9.44. The number of benzene rings is 1. The first-order chi connectivity index (χ1) is 12.9. The van der Waals surface area contributed by atoms with Crippen LogP contribution in [-0.4, -0.2) is 34.3 Å². The van der Waals surface area contributed by atoms with Gasteiger partial charge in [-0.15, -0.1) is 0 Å². The standard InChI is InChI=1S/C21H27N5O/c1-14-5-4-6-15(9-14)7-8-23-20-24-12-16(11-22)19(26-20)25-18-10-17(13-27)21(18,2)3/h4-6,9,12,17-18,27H,7-8,10,13H2,1-3H3,(H2,23,24,25,26)/t17-,18+/m0/s1. The van der Waals surface area contributed by atoms with Crippen molar-refractivity contribution >= 4 is 11.8 Å². The van der Waals surface area contributed by atoms with Gasteiger partial charge in [-0.3, -0.25) is 0 Å². The summed E-state index contributed by atoms with van der Waals surface area (Å²) in [5, 5.41) is 25.4. The molecule has 0 unspecified atom stereocenters. The minimum absolute atomic E-state index is 0.0365. The second-order valence-electron chi connectivity index (χ2n) is 7.87. The maximum Gasteiger partial charge on any atom is 0.224 e. The average molecular weight is 365 g/mol. The zero-order valence-corrected chi connectivity index (χ0v) is 16.2. The Bertz CT molecular complexity index is 843. The van der Waals surface area contributed by atoms with Crippen molar-refractivity contribution in [3.63, 3.8) is 0 Å². The van der Waals surface area contributed by atoms with Gasteiger partial charge in [0.05, 0.1) is 6.20 Å². The summed E-state index contributed by atoms with van der Waals surface area (Å²) < 4.78 is 0. The molecule has 1 heterocycles. The molecule has 0 amide bonds. The lowest BCUT2D eigenvalue weighted by molar-refractivity contribution is 0.00449. The smallest absolute Gasteiger partial charge is 0.224 e. The summed E-state index contributed by atoms with van der Waals surface area (Å²) in [4.78, 5) is 8.76. The molecule has 1 fully saturated rings. The first-order valence-electron chi connectivity index (χ1n) is 9.38. The number of nitriles is 1. The number of aromatic nitrogens is 2. The molecule has 2 atom stereocenters. The number of hydrogen-bond acceptors (Lipinski definition) is 6. The highest BCUT2D eigenvalue weighted by atomic mass is 16.3. The van der Waals surface area contributed by atoms with Crippen molar-refractivity contribution in [3.05, 3.63) is 47.2 Å². The van der Waals surface area contributed by atoms with Gasteiger partial charge in [0.25, 0.3) is 0 Å². The van der Waals surface area contributed by atoms with Crippen LogP contribution in [0.3, 0.4) is 0 Å². The van der Waals surface area contributed by atoms with E-state index in [1.54, 1.807) is 6.20 Å². The Hall–Kier alpha value is -2.65. The fraction of sp³-hybridized carbons (Fsp3) is 0.476. The second kappa shape index (κ2) is 7.93. The van der Waals surface area contributed by atoms with Gasteiger partial charge >= 0.3 is 0 Å². The summed E-state index contributed by atoms with van der Waals surface area (Å²) in [6, 6.07) is 10.8. The molecule has 3 rings (SSSR count). The van der Waals surface area contributed by atoms with Gasteiger partial charge in [-0.25, -0.2) is 4.98 Å². The van der Waals surface area contributed by atoms with E-state index in [4.69, 9.17) is 0 Å². The first kappa shape index (κ1) is 19.1. The van der Waals surface area contributed by atoms with Crippen molar-refractivity contribution < 1.29 is 5.11 Å². The summed E-state index contributed by atoms with van der Waals surface area (Å²) in [7, 11) is 0. The summed E-state index contributed by atoms with van der Waals surface area (Å²) in [5.74, 6) is 1.34. The first-order valence-corrected chi connectivity index (χ1v) is 9.38. The molecule has 1 aromatic carbocycles. The lowest BCUT2D eigenvalue weighted by Gasteiger charge is -2.52. The summed E-state index contributed by atoms with van der Waals surface area (Å²) in [6.07, 6.45) is 3.30. The van der Waals surface area contributed by atoms with Gasteiger partial charge in [0, 0.05) is 19.2 Å². The number of nitrogens with zero attached hydrogens (tertiary/aromatic N) is 3. The molecule has 0 radical (unpaired) electrons. The van der Waals surface area contributed by atoms with Crippen LogP contribution in [0.4, 0.5) is 11.8 Å². The van der Waals surface area contributed by atoms with Crippen LogP contribution >= 0.6 is 0 Å². The van der Waals surface area contributed by atoms with E-state index < -0.39 is 0 Å². The Morgan fingerprint density at radius 3 is 2.85 bits per heavy atom. The van der Waals surface area contributed by atoms with Gasteiger partial charge in [0.15, 0.2) is 0 Å². The largest absolute Gasteiger partial charge is 0.396 e. The van der Waals surface area contributed by atoms with Crippen LogP contribution in [0.1, 0.15) is 37.0 Å². The lowest BCUT2D eigenvalue weighted by Crippen LogP contribution is -2.54. The molecule has 0 saturated heterocycles. The summed E-state index contributed by atoms with van der Waals surface area (Å²) in [5.41, 5.74) is 2.91. The van der Waals surface area contributed by atoms with Crippen molar-refractivity contribution in [1.29, 1.82) is 5.26 Å². The Labute approximate surface area is 160 Å². The molecule has 142 valence electrons. The maximum absolute atomic E-state index is 9.44. The number of hydrogen-bond donors (Lipinski definition) is 3. The predicted octanol–water partition coefficient (Wildman–Crippen LogP) is 3.13. The number of aryl methyl sites for hydroxylation is 1. The predicted molar refractivity (Wildman–Crippen MR) is 107 cm³/mol. The van der Waals surface area contributed by atoms with Gasteiger partial charge < -0.3 is 15.7 Å². The van der Waals surface area contributed by atoms with E-state index in [1.165, 1.54) is 11.1 Å². The van der Waals surface area contributed by atoms with Gasteiger partial charge in [0.1, 0.15) is 17.5 Å². The molecule has 1 saturated carbocycles. The van der Waals surface area contributed by atoms with Crippen LogP contribution in [-0.2, 0) is 6.42 Å². The molecule has 1 aromatic heterocycles. The molecule has 0 spiro atoms. The van der Waals surface area contributed by atoms with Crippen molar-refractivity contribution in [1.82, 2.24) is 9.97 Å². The molecular formula is C21H27N5O. The fourth-order valence-electron chi connectivity index (χ4n) is 3.58. The van der Waals surface area contributed by atoms with E-state index in [-0.39, 0.29) is 24.0 Å². The fourth-order valence-corrected chi connectivity index (χ4v) is 3.58. The SMILES string of the molecule is Cc1cccc(CCNc2ncc(C#N)c(N[C@@H]3C[C@@H](CO)C3(C)C)n2)c1. The van der Waals surface area contributed by atoms with Gasteiger partial charge in [-0.2, -0.15) is 10.2 Å². The van der Waals surface area contributed by atoms with Crippen molar-refractivity contribution in [3.8, 4) is 6.07 Å². The molecule has 1 aliphatic carbocycles. The van der Waals surface area contributed by atoms with Crippen molar-refractivity contribution in [2.75, 3.05) is 23.8 Å². The molecule has 27 heavy (non-hydrogen) atoms. The molecule has 0 bridgehead atoms. The van der Waals surface area contributed by atoms with Crippen molar-refractivity contribution in [2.24, 2.45) is 11.3 Å². The Balaban J connectivity index is 1.64. The van der Waals surface area contributed by atoms with Crippen LogP contribution in [0.2, 0.25) is 0 Å². The second-order valence-corrected chi connectivity index (χ2v) is 7.87. The number of nitrogens with one attached hydrogen (secondary N) is 2. The van der Waals surface area contributed by atoms with E-state index in [2.05, 4.69) is 71.7 Å². The van der Waals surface area contributed by atoms with Crippen LogP contribution in [0, 0.1) is 29.6 Å². The molecule has 6 nitrogen and oxygen atoms in total. The highest BCUT2D eigenvalue weighted by molar-refractivity contribution is 5.54. The minimum atomic E-state index is -0.0365.